The molecule has 1 aromatic carbocycles. The first-order valence-electron chi connectivity index (χ1n) is 6.69. The fourth-order valence-electron chi connectivity index (χ4n) is 1.87. The number of benzene rings is 1. The van der Waals surface area contributed by atoms with E-state index in [0.717, 1.165) is 29.9 Å². The van der Waals surface area contributed by atoms with E-state index in [2.05, 4.69) is 11.4 Å². The van der Waals surface area contributed by atoms with Gasteiger partial charge in [0.2, 0.25) is 0 Å². The Labute approximate surface area is 119 Å². The monoisotopic (exact) mass is 270 g/mol. The predicted molar refractivity (Wildman–Crippen MR) is 75.8 cm³/mol. The number of nitrogens with one attached hydrogen (secondary N) is 1. The molecule has 20 heavy (non-hydrogen) atoms. The minimum atomic E-state index is 0.518. The Kier molecular flexibility index (Phi) is 5.84. The molecular weight excluding hydrogens is 252 g/mol. The van der Waals surface area contributed by atoms with Gasteiger partial charge in [0.05, 0.1) is 17.9 Å². The summed E-state index contributed by atoms with van der Waals surface area (Å²) < 4.78 is 10.7. The van der Waals surface area contributed by atoms with Gasteiger partial charge in [-0.1, -0.05) is 18.2 Å². The van der Waals surface area contributed by atoms with E-state index >= 15 is 0 Å². The number of furan rings is 1. The molecule has 104 valence electrons. The molecule has 0 aliphatic heterocycles. The fraction of sp³-hybridized carbons (Fsp3) is 0.312. The highest BCUT2D eigenvalue weighted by Gasteiger charge is 1.99. The SMILES string of the molecule is N#Cc1ccccc1CNCCCOCc1ccco1. The topological polar surface area (TPSA) is 58.2 Å². The van der Waals surface area contributed by atoms with Crippen LogP contribution in [-0.2, 0) is 17.9 Å². The van der Waals surface area contributed by atoms with Gasteiger partial charge in [-0.15, -0.1) is 0 Å². The number of rotatable bonds is 8. The fourth-order valence-corrected chi connectivity index (χ4v) is 1.87. The lowest BCUT2D eigenvalue weighted by atomic mass is 10.1. The second-order valence-electron chi connectivity index (χ2n) is 4.43. The molecule has 1 heterocycles. The Morgan fingerprint density at radius 1 is 1.20 bits per heavy atom. The first kappa shape index (κ1) is 14.3. The lowest BCUT2D eigenvalue weighted by Gasteiger charge is -2.06. The molecule has 0 fully saturated rings. The van der Waals surface area contributed by atoms with E-state index in [1.807, 2.05) is 36.4 Å². The van der Waals surface area contributed by atoms with Gasteiger partial charge in [0.1, 0.15) is 12.4 Å². The van der Waals surface area contributed by atoms with Gasteiger partial charge in [0.25, 0.3) is 0 Å². The maximum atomic E-state index is 8.97. The first-order valence-corrected chi connectivity index (χ1v) is 6.69. The van der Waals surface area contributed by atoms with Crippen molar-refractivity contribution in [3.63, 3.8) is 0 Å². The van der Waals surface area contributed by atoms with Crippen molar-refractivity contribution in [2.45, 2.75) is 19.6 Å². The Bertz CT molecular complexity index is 544. The molecule has 0 saturated heterocycles. The predicted octanol–water partition coefficient (Wildman–Crippen LogP) is 2.85. The van der Waals surface area contributed by atoms with Gasteiger partial charge in [0, 0.05) is 13.2 Å². The quantitative estimate of drug-likeness (QED) is 0.749. The summed E-state index contributed by atoms with van der Waals surface area (Å²) in [5.74, 6) is 0.848. The van der Waals surface area contributed by atoms with E-state index in [0.29, 0.717) is 19.8 Å². The van der Waals surface area contributed by atoms with Crippen LogP contribution in [0.1, 0.15) is 23.3 Å². The van der Waals surface area contributed by atoms with Crippen molar-refractivity contribution in [1.82, 2.24) is 5.32 Å². The minimum absolute atomic E-state index is 0.518. The Morgan fingerprint density at radius 2 is 2.10 bits per heavy atom. The van der Waals surface area contributed by atoms with Crippen molar-refractivity contribution in [2.24, 2.45) is 0 Å². The highest BCUT2D eigenvalue weighted by Crippen LogP contribution is 2.06. The summed E-state index contributed by atoms with van der Waals surface area (Å²) in [5, 5.41) is 12.3. The summed E-state index contributed by atoms with van der Waals surface area (Å²) in [6.45, 7) is 2.78. The highest BCUT2D eigenvalue weighted by molar-refractivity contribution is 5.37. The summed E-state index contributed by atoms with van der Waals surface area (Å²) >= 11 is 0. The van der Waals surface area contributed by atoms with Crippen LogP contribution in [0.4, 0.5) is 0 Å². The zero-order valence-corrected chi connectivity index (χ0v) is 11.3. The largest absolute Gasteiger partial charge is 0.467 e. The molecule has 2 rings (SSSR count). The smallest absolute Gasteiger partial charge is 0.129 e. The van der Waals surface area contributed by atoms with Crippen LogP contribution in [0.25, 0.3) is 0 Å². The molecule has 0 bridgehead atoms. The van der Waals surface area contributed by atoms with Crippen molar-refractivity contribution in [3.05, 3.63) is 59.5 Å². The average molecular weight is 270 g/mol. The summed E-state index contributed by atoms with van der Waals surface area (Å²) in [7, 11) is 0. The normalized spacial score (nSPS) is 10.3. The average Bonchev–Trinajstić information content (AvgIpc) is 3.00. The molecule has 4 heteroatoms. The van der Waals surface area contributed by atoms with Crippen LogP contribution in [0.5, 0.6) is 0 Å². The first-order chi connectivity index (χ1) is 9.90. The molecule has 2 aromatic rings. The van der Waals surface area contributed by atoms with Crippen LogP contribution < -0.4 is 5.32 Å². The Hall–Kier alpha value is -2.09. The van der Waals surface area contributed by atoms with Gasteiger partial charge in [0.15, 0.2) is 0 Å². The maximum Gasteiger partial charge on any atom is 0.129 e. The second-order valence-corrected chi connectivity index (χ2v) is 4.43. The van der Waals surface area contributed by atoms with Gasteiger partial charge in [-0.05, 0) is 36.7 Å². The van der Waals surface area contributed by atoms with Crippen LogP contribution in [0, 0.1) is 11.3 Å². The van der Waals surface area contributed by atoms with Crippen LogP contribution in [0.15, 0.2) is 47.1 Å². The van der Waals surface area contributed by atoms with Gasteiger partial charge in [-0.3, -0.25) is 0 Å². The number of hydrogen-bond acceptors (Lipinski definition) is 4. The van der Waals surface area contributed by atoms with Crippen molar-refractivity contribution >= 4 is 0 Å². The Morgan fingerprint density at radius 3 is 2.90 bits per heavy atom. The molecule has 1 N–H and O–H groups in total. The van der Waals surface area contributed by atoms with Crippen molar-refractivity contribution < 1.29 is 9.15 Å². The summed E-state index contributed by atoms with van der Waals surface area (Å²) in [6.07, 6.45) is 2.57. The van der Waals surface area contributed by atoms with E-state index in [1.54, 1.807) is 6.26 Å². The number of ether oxygens (including phenoxy) is 1. The molecular formula is C16H18N2O2. The van der Waals surface area contributed by atoms with Crippen LogP contribution >= 0.6 is 0 Å². The Balaban J connectivity index is 1.56. The third kappa shape index (κ3) is 4.54. The van der Waals surface area contributed by atoms with Crippen molar-refractivity contribution in [1.29, 1.82) is 5.26 Å². The van der Waals surface area contributed by atoms with Gasteiger partial charge < -0.3 is 14.5 Å². The lowest BCUT2D eigenvalue weighted by molar-refractivity contribution is 0.104. The summed E-state index contributed by atoms with van der Waals surface area (Å²) in [6, 6.07) is 13.6. The molecule has 4 nitrogen and oxygen atoms in total. The number of nitrogens with zero attached hydrogens (tertiary/aromatic N) is 1. The second kappa shape index (κ2) is 8.16. The van der Waals surface area contributed by atoms with E-state index in [9.17, 15) is 0 Å². The van der Waals surface area contributed by atoms with Gasteiger partial charge >= 0.3 is 0 Å². The van der Waals surface area contributed by atoms with E-state index in [4.69, 9.17) is 14.4 Å². The molecule has 0 saturated carbocycles. The van der Waals surface area contributed by atoms with E-state index < -0.39 is 0 Å². The molecule has 0 spiro atoms. The maximum absolute atomic E-state index is 8.97. The van der Waals surface area contributed by atoms with Crippen LogP contribution in [-0.4, -0.2) is 13.2 Å². The molecule has 1 aromatic heterocycles. The molecule has 0 radical (unpaired) electrons. The van der Waals surface area contributed by atoms with E-state index in [-0.39, 0.29) is 0 Å². The third-order valence-electron chi connectivity index (χ3n) is 2.92. The standard InChI is InChI=1S/C16H18N2O2/c17-11-14-5-1-2-6-15(14)12-18-8-4-9-19-13-16-7-3-10-20-16/h1-3,5-7,10,18H,4,8-9,12-13H2. The molecule has 0 aliphatic rings. The third-order valence-corrected chi connectivity index (χ3v) is 2.92. The molecule has 0 atom stereocenters. The van der Waals surface area contributed by atoms with Crippen LogP contribution in [0.3, 0.4) is 0 Å². The van der Waals surface area contributed by atoms with Gasteiger partial charge in [-0.25, -0.2) is 0 Å². The minimum Gasteiger partial charge on any atom is -0.467 e. The van der Waals surface area contributed by atoms with Gasteiger partial charge in [-0.2, -0.15) is 5.26 Å². The number of hydrogen-bond donors (Lipinski definition) is 1. The number of nitriles is 1. The summed E-state index contributed by atoms with van der Waals surface area (Å²) in [4.78, 5) is 0. The van der Waals surface area contributed by atoms with E-state index in [1.165, 1.54) is 0 Å². The highest BCUT2D eigenvalue weighted by atomic mass is 16.5. The van der Waals surface area contributed by atoms with Crippen LogP contribution in [0.2, 0.25) is 0 Å². The lowest BCUT2D eigenvalue weighted by Crippen LogP contribution is -2.17. The molecule has 0 aliphatic carbocycles. The molecule has 0 amide bonds. The van der Waals surface area contributed by atoms with Crippen molar-refractivity contribution in [3.8, 4) is 6.07 Å². The zero-order chi connectivity index (χ0) is 14.0. The van der Waals surface area contributed by atoms with Crippen molar-refractivity contribution in [2.75, 3.05) is 13.2 Å². The molecule has 0 unspecified atom stereocenters. The zero-order valence-electron chi connectivity index (χ0n) is 11.3. The summed E-state index contributed by atoms with van der Waals surface area (Å²) in [5.41, 5.74) is 1.76.